The molecule has 0 atom stereocenters. The van der Waals surface area contributed by atoms with Crippen LogP contribution in [0.15, 0.2) is 24.3 Å². The van der Waals surface area contributed by atoms with E-state index in [9.17, 15) is 0 Å². The highest BCUT2D eigenvalue weighted by Gasteiger charge is 1.96. The van der Waals surface area contributed by atoms with Crippen molar-refractivity contribution in [3.63, 3.8) is 0 Å². The van der Waals surface area contributed by atoms with E-state index in [1.165, 1.54) is 17.5 Å². The minimum atomic E-state index is 1.12. The summed E-state index contributed by atoms with van der Waals surface area (Å²) in [7, 11) is 2.12. The quantitative estimate of drug-likeness (QED) is 0.507. The molecule has 0 aliphatic carbocycles. The van der Waals surface area contributed by atoms with Gasteiger partial charge in [0.2, 0.25) is 0 Å². The van der Waals surface area contributed by atoms with Gasteiger partial charge in [-0.05, 0) is 24.1 Å². The van der Waals surface area contributed by atoms with Gasteiger partial charge in [0.1, 0.15) is 13.6 Å². The van der Waals surface area contributed by atoms with Crippen LogP contribution in [-0.4, -0.2) is 24.4 Å². The van der Waals surface area contributed by atoms with Crippen molar-refractivity contribution in [1.29, 1.82) is 0 Å². The Morgan fingerprint density at radius 3 is 2.29 bits per heavy atom. The molecule has 0 aliphatic heterocycles. The largest absolute Gasteiger partial charge is 0.238 e. The van der Waals surface area contributed by atoms with Crippen molar-refractivity contribution < 1.29 is 4.58 Å². The monoisotopic (exact) mass is 190 g/mol. The first-order valence-corrected chi connectivity index (χ1v) is 5.40. The van der Waals surface area contributed by atoms with Gasteiger partial charge in [0.25, 0.3) is 0 Å². The smallest absolute Gasteiger partial charge is 0.170 e. The van der Waals surface area contributed by atoms with Crippen molar-refractivity contribution in [2.45, 2.75) is 26.7 Å². The van der Waals surface area contributed by atoms with Crippen LogP contribution in [-0.2, 0) is 6.42 Å². The molecule has 0 amide bonds. The zero-order valence-electron chi connectivity index (χ0n) is 9.46. The summed E-state index contributed by atoms with van der Waals surface area (Å²) in [5, 5.41) is 0. The van der Waals surface area contributed by atoms with E-state index in [1.54, 1.807) is 0 Å². The topological polar surface area (TPSA) is 3.01 Å². The summed E-state index contributed by atoms with van der Waals surface area (Å²) in [6.45, 7) is 5.50. The molecule has 0 fully saturated rings. The Hall–Kier alpha value is -1.11. The van der Waals surface area contributed by atoms with E-state index in [0.717, 1.165) is 13.0 Å². The number of aryl methyl sites for hydroxylation is 1. The predicted octanol–water partition coefficient (Wildman–Crippen LogP) is 2.72. The zero-order chi connectivity index (χ0) is 10.4. The average Bonchev–Trinajstić information content (AvgIpc) is 2.19. The molecule has 0 aromatic heterocycles. The van der Waals surface area contributed by atoms with E-state index in [0.29, 0.717) is 0 Å². The number of hydrogen-bond donors (Lipinski definition) is 0. The fraction of sp³-hybridized carbons (Fsp3) is 0.462. The first-order valence-electron chi connectivity index (χ1n) is 5.40. The minimum absolute atomic E-state index is 1.12. The first kappa shape index (κ1) is 11.0. The molecule has 0 radical (unpaired) electrons. The molecule has 14 heavy (non-hydrogen) atoms. The lowest BCUT2D eigenvalue weighted by Gasteiger charge is -1.97. The maximum Gasteiger partial charge on any atom is 0.170 e. The van der Waals surface area contributed by atoms with Gasteiger partial charge in [-0.25, -0.2) is 4.58 Å². The van der Waals surface area contributed by atoms with Crippen LogP contribution in [0.3, 0.4) is 0 Å². The second-order valence-electron chi connectivity index (χ2n) is 3.70. The number of hydrogen-bond acceptors (Lipinski definition) is 0. The maximum absolute atomic E-state index is 2.24. The zero-order valence-corrected chi connectivity index (χ0v) is 9.46. The van der Waals surface area contributed by atoms with E-state index < -0.39 is 0 Å². The molecule has 1 heteroatoms. The van der Waals surface area contributed by atoms with E-state index in [2.05, 4.69) is 56.0 Å². The van der Waals surface area contributed by atoms with Crippen LogP contribution < -0.4 is 0 Å². The second kappa shape index (κ2) is 5.58. The Labute approximate surface area is 87.1 Å². The first-order chi connectivity index (χ1) is 6.76. The molecule has 0 aliphatic rings. The molecule has 0 unspecified atom stereocenters. The number of nitrogens with zero attached hydrogens (tertiary/aromatic N) is 1. The average molecular weight is 190 g/mol. The highest BCUT2D eigenvalue weighted by molar-refractivity contribution is 5.75. The second-order valence-corrected chi connectivity index (χ2v) is 3.70. The predicted molar refractivity (Wildman–Crippen MR) is 62.3 cm³/mol. The highest BCUT2D eigenvalue weighted by Crippen LogP contribution is 2.02. The van der Waals surface area contributed by atoms with Crippen molar-refractivity contribution in [3.8, 4) is 0 Å². The minimum Gasteiger partial charge on any atom is -0.238 e. The molecule has 1 nitrogen and oxygen atoms in total. The summed E-state index contributed by atoms with van der Waals surface area (Å²) in [5.74, 6) is 0. The van der Waals surface area contributed by atoms with Gasteiger partial charge < -0.3 is 0 Å². The van der Waals surface area contributed by atoms with E-state index in [4.69, 9.17) is 0 Å². The van der Waals surface area contributed by atoms with E-state index in [-0.39, 0.29) is 0 Å². The normalized spacial score (nSPS) is 11.8. The van der Waals surface area contributed by atoms with Crippen molar-refractivity contribution in [2.24, 2.45) is 0 Å². The van der Waals surface area contributed by atoms with Crippen molar-refractivity contribution in [2.75, 3.05) is 13.6 Å². The van der Waals surface area contributed by atoms with Crippen molar-refractivity contribution in [1.82, 2.24) is 0 Å². The molecular weight excluding hydrogens is 170 g/mol. The molecule has 1 aromatic rings. The fourth-order valence-electron chi connectivity index (χ4n) is 1.51. The maximum atomic E-state index is 2.24. The lowest BCUT2D eigenvalue weighted by atomic mass is 10.1. The van der Waals surface area contributed by atoms with Gasteiger partial charge in [0.15, 0.2) is 6.21 Å². The Balaban J connectivity index is 2.72. The van der Waals surface area contributed by atoms with Crippen molar-refractivity contribution >= 4 is 6.21 Å². The molecule has 76 valence electrons. The van der Waals surface area contributed by atoms with E-state index in [1.807, 2.05) is 0 Å². The Kier molecular flexibility index (Phi) is 4.37. The van der Waals surface area contributed by atoms with Gasteiger partial charge in [-0.15, -0.1) is 0 Å². The summed E-state index contributed by atoms with van der Waals surface area (Å²) < 4.78 is 2.24. The third-order valence-corrected chi connectivity index (χ3v) is 2.33. The Morgan fingerprint density at radius 2 is 1.79 bits per heavy atom. The van der Waals surface area contributed by atoms with E-state index >= 15 is 0 Å². The summed E-state index contributed by atoms with van der Waals surface area (Å²) in [4.78, 5) is 0. The van der Waals surface area contributed by atoms with Gasteiger partial charge in [-0.2, -0.15) is 0 Å². The molecule has 1 rings (SSSR count). The summed E-state index contributed by atoms with van der Waals surface area (Å²) in [6, 6.07) is 8.77. The SMILES string of the molecule is CCC[N+](C)=Cc1ccc(CC)cc1. The molecular formula is C13H20N+. The van der Waals surface area contributed by atoms with Gasteiger partial charge in [0.05, 0.1) is 0 Å². The van der Waals surface area contributed by atoms with Crippen LogP contribution in [0.4, 0.5) is 0 Å². The lowest BCUT2D eigenvalue weighted by Crippen LogP contribution is -2.08. The lowest BCUT2D eigenvalue weighted by molar-refractivity contribution is -0.492. The summed E-state index contributed by atoms with van der Waals surface area (Å²) in [6.07, 6.45) is 4.51. The molecule has 0 N–H and O–H groups in total. The Morgan fingerprint density at radius 1 is 1.14 bits per heavy atom. The van der Waals surface area contributed by atoms with Gasteiger partial charge in [-0.3, -0.25) is 0 Å². The third kappa shape index (κ3) is 3.33. The van der Waals surface area contributed by atoms with Crippen LogP contribution in [0.1, 0.15) is 31.4 Å². The van der Waals surface area contributed by atoms with Crippen LogP contribution in [0, 0.1) is 0 Å². The van der Waals surface area contributed by atoms with Crippen LogP contribution in [0.25, 0.3) is 0 Å². The van der Waals surface area contributed by atoms with Crippen LogP contribution >= 0.6 is 0 Å². The van der Waals surface area contributed by atoms with Gasteiger partial charge in [-0.1, -0.05) is 26.0 Å². The molecule has 0 saturated heterocycles. The molecule has 0 spiro atoms. The number of benzene rings is 1. The third-order valence-electron chi connectivity index (χ3n) is 2.33. The summed E-state index contributed by atoms with van der Waals surface area (Å²) in [5.41, 5.74) is 2.69. The van der Waals surface area contributed by atoms with Crippen LogP contribution in [0.5, 0.6) is 0 Å². The fourth-order valence-corrected chi connectivity index (χ4v) is 1.51. The molecule has 0 bridgehead atoms. The van der Waals surface area contributed by atoms with Gasteiger partial charge in [0, 0.05) is 12.0 Å². The molecule has 0 saturated carbocycles. The standard InChI is InChI=1S/C13H20N/c1-4-10-14(3)11-13-8-6-12(5-2)7-9-13/h6-9,11H,4-5,10H2,1-3H3/q+1. The molecule has 1 aromatic carbocycles. The van der Waals surface area contributed by atoms with Crippen molar-refractivity contribution in [3.05, 3.63) is 35.4 Å². The highest BCUT2D eigenvalue weighted by atomic mass is 14.9. The molecule has 0 heterocycles. The Bertz CT molecular complexity index is 296. The number of rotatable bonds is 4. The summed E-state index contributed by atoms with van der Waals surface area (Å²) >= 11 is 0. The van der Waals surface area contributed by atoms with Gasteiger partial charge >= 0.3 is 0 Å². The van der Waals surface area contributed by atoms with Crippen LogP contribution in [0.2, 0.25) is 0 Å².